The molecule has 0 aromatic rings. The Morgan fingerprint density at radius 1 is 1.31 bits per heavy atom. The van der Waals surface area contributed by atoms with Crippen molar-refractivity contribution in [3.8, 4) is 0 Å². The maximum Gasteiger partial charge on any atom is 0.213 e. The van der Waals surface area contributed by atoms with Crippen LogP contribution in [0.2, 0.25) is 0 Å². The highest BCUT2D eigenvalue weighted by molar-refractivity contribution is 7.89. The number of aliphatic hydroxyl groups excluding tert-OH is 1. The Morgan fingerprint density at radius 3 is 2.46 bits per heavy atom. The molecular formula is C8H17NO3S. The van der Waals surface area contributed by atoms with E-state index in [0.29, 0.717) is 12.5 Å². The fraction of sp³-hybridized carbons (Fsp3) is 1.00. The van der Waals surface area contributed by atoms with Crippen molar-refractivity contribution in [1.29, 1.82) is 0 Å². The van der Waals surface area contributed by atoms with Gasteiger partial charge in [-0.05, 0) is 18.8 Å². The lowest BCUT2D eigenvalue weighted by molar-refractivity contribution is 0.319. The molecule has 1 rings (SSSR count). The van der Waals surface area contributed by atoms with E-state index < -0.39 is 10.0 Å². The Hall–Kier alpha value is -0.130. The molecule has 1 saturated carbocycles. The summed E-state index contributed by atoms with van der Waals surface area (Å²) in [6.07, 6.45) is 4.68. The molecule has 0 aliphatic heterocycles. The third-order valence-corrected chi connectivity index (χ3v) is 3.75. The Bertz CT molecular complexity index is 232. The van der Waals surface area contributed by atoms with E-state index >= 15 is 0 Å². The van der Waals surface area contributed by atoms with Crippen molar-refractivity contribution in [2.45, 2.75) is 25.7 Å². The fourth-order valence-electron chi connectivity index (χ4n) is 1.65. The van der Waals surface area contributed by atoms with Gasteiger partial charge in [-0.2, -0.15) is 0 Å². The Balaban J connectivity index is 2.24. The van der Waals surface area contributed by atoms with Gasteiger partial charge in [0.1, 0.15) is 0 Å². The molecule has 0 saturated heterocycles. The van der Waals surface area contributed by atoms with Gasteiger partial charge in [-0.3, -0.25) is 0 Å². The summed E-state index contributed by atoms with van der Waals surface area (Å²) in [5.41, 5.74) is 0. The van der Waals surface area contributed by atoms with Crippen LogP contribution >= 0.6 is 0 Å². The molecule has 78 valence electrons. The topological polar surface area (TPSA) is 66.4 Å². The molecule has 0 heterocycles. The van der Waals surface area contributed by atoms with Gasteiger partial charge in [0, 0.05) is 6.54 Å². The van der Waals surface area contributed by atoms with Crippen LogP contribution in [0.25, 0.3) is 0 Å². The van der Waals surface area contributed by atoms with Gasteiger partial charge in [0.15, 0.2) is 0 Å². The quantitative estimate of drug-likeness (QED) is 0.671. The third-order valence-electron chi connectivity index (χ3n) is 2.43. The number of sulfonamides is 1. The maximum absolute atomic E-state index is 11.1. The van der Waals surface area contributed by atoms with Crippen LogP contribution in [0.3, 0.4) is 0 Å². The molecule has 1 aliphatic carbocycles. The molecular weight excluding hydrogens is 190 g/mol. The number of hydrogen-bond donors (Lipinski definition) is 2. The van der Waals surface area contributed by atoms with Crippen LogP contribution in [0.15, 0.2) is 0 Å². The standard InChI is InChI=1S/C8H17NO3S/c10-5-6-13(11,12)9-7-8-3-1-2-4-8/h8-10H,1-7H2. The SMILES string of the molecule is O=S(=O)(CCO)NCC1CCCC1. The van der Waals surface area contributed by atoms with E-state index in [4.69, 9.17) is 5.11 Å². The average molecular weight is 207 g/mol. The van der Waals surface area contributed by atoms with Gasteiger partial charge < -0.3 is 5.11 Å². The summed E-state index contributed by atoms with van der Waals surface area (Å²) in [6, 6.07) is 0. The monoisotopic (exact) mass is 207 g/mol. The first-order chi connectivity index (χ1) is 6.14. The molecule has 0 amide bonds. The van der Waals surface area contributed by atoms with Gasteiger partial charge >= 0.3 is 0 Å². The van der Waals surface area contributed by atoms with Crippen molar-refractivity contribution in [2.24, 2.45) is 5.92 Å². The van der Waals surface area contributed by atoms with Crippen LogP contribution in [-0.4, -0.2) is 32.4 Å². The van der Waals surface area contributed by atoms with Gasteiger partial charge in [0.05, 0.1) is 12.4 Å². The van der Waals surface area contributed by atoms with Gasteiger partial charge in [-0.15, -0.1) is 0 Å². The zero-order valence-electron chi connectivity index (χ0n) is 7.70. The van der Waals surface area contributed by atoms with Gasteiger partial charge in [-0.1, -0.05) is 12.8 Å². The minimum Gasteiger partial charge on any atom is -0.395 e. The average Bonchev–Trinajstić information content (AvgIpc) is 2.52. The predicted molar refractivity (Wildman–Crippen MR) is 50.8 cm³/mol. The zero-order valence-corrected chi connectivity index (χ0v) is 8.52. The van der Waals surface area contributed by atoms with E-state index in [0.717, 1.165) is 12.8 Å². The molecule has 0 bridgehead atoms. The molecule has 5 heteroatoms. The number of aliphatic hydroxyl groups is 1. The summed E-state index contributed by atoms with van der Waals surface area (Å²) in [5, 5.41) is 8.47. The van der Waals surface area contributed by atoms with Crippen LogP contribution in [0.1, 0.15) is 25.7 Å². The van der Waals surface area contributed by atoms with E-state index in [9.17, 15) is 8.42 Å². The lowest BCUT2D eigenvalue weighted by Crippen LogP contribution is -2.31. The van der Waals surface area contributed by atoms with Crippen molar-refractivity contribution >= 4 is 10.0 Å². The van der Waals surface area contributed by atoms with Crippen LogP contribution in [0.5, 0.6) is 0 Å². The fourth-order valence-corrected chi connectivity index (χ4v) is 2.53. The van der Waals surface area contributed by atoms with Gasteiger partial charge in [-0.25, -0.2) is 13.1 Å². The Labute approximate surface area is 79.4 Å². The first-order valence-corrected chi connectivity index (χ1v) is 6.37. The van der Waals surface area contributed by atoms with Gasteiger partial charge in [0.2, 0.25) is 10.0 Å². The highest BCUT2D eigenvalue weighted by Gasteiger charge is 2.17. The molecule has 0 radical (unpaired) electrons. The van der Waals surface area contributed by atoms with E-state index in [-0.39, 0.29) is 12.4 Å². The van der Waals surface area contributed by atoms with Crippen molar-refractivity contribution in [2.75, 3.05) is 18.9 Å². The van der Waals surface area contributed by atoms with Crippen LogP contribution in [0, 0.1) is 5.92 Å². The second-order valence-electron chi connectivity index (χ2n) is 3.54. The highest BCUT2D eigenvalue weighted by Crippen LogP contribution is 2.23. The molecule has 0 spiro atoms. The summed E-state index contributed by atoms with van der Waals surface area (Å²) >= 11 is 0. The molecule has 2 N–H and O–H groups in total. The minimum absolute atomic E-state index is 0.181. The number of rotatable bonds is 5. The lowest BCUT2D eigenvalue weighted by atomic mass is 10.1. The third kappa shape index (κ3) is 4.06. The summed E-state index contributed by atoms with van der Waals surface area (Å²) < 4.78 is 24.7. The van der Waals surface area contributed by atoms with Crippen LogP contribution in [-0.2, 0) is 10.0 Å². The number of nitrogens with one attached hydrogen (secondary N) is 1. The molecule has 4 nitrogen and oxygen atoms in total. The second-order valence-corrected chi connectivity index (χ2v) is 5.47. The molecule has 0 atom stereocenters. The summed E-state index contributed by atoms with van der Waals surface area (Å²) in [4.78, 5) is 0. The molecule has 1 aliphatic rings. The van der Waals surface area contributed by atoms with E-state index in [1.165, 1.54) is 12.8 Å². The van der Waals surface area contributed by atoms with Crippen molar-refractivity contribution in [3.05, 3.63) is 0 Å². The first kappa shape index (κ1) is 10.9. The normalized spacial score (nSPS) is 19.5. The van der Waals surface area contributed by atoms with E-state index in [1.54, 1.807) is 0 Å². The maximum atomic E-state index is 11.1. The molecule has 0 unspecified atom stereocenters. The second kappa shape index (κ2) is 4.93. The predicted octanol–water partition coefficient (Wildman–Crippen LogP) is 0.0883. The highest BCUT2D eigenvalue weighted by atomic mass is 32.2. The molecule has 0 aromatic heterocycles. The molecule has 1 fully saturated rings. The van der Waals surface area contributed by atoms with Gasteiger partial charge in [0.25, 0.3) is 0 Å². The summed E-state index contributed by atoms with van der Waals surface area (Å²) in [5.74, 6) is 0.327. The van der Waals surface area contributed by atoms with Crippen molar-refractivity contribution in [3.63, 3.8) is 0 Å². The minimum atomic E-state index is -3.22. The van der Waals surface area contributed by atoms with E-state index in [1.807, 2.05) is 0 Å². The number of hydrogen-bond acceptors (Lipinski definition) is 3. The molecule has 0 aromatic carbocycles. The largest absolute Gasteiger partial charge is 0.395 e. The Kier molecular flexibility index (Phi) is 4.15. The van der Waals surface area contributed by atoms with Crippen LogP contribution in [0.4, 0.5) is 0 Å². The van der Waals surface area contributed by atoms with Crippen LogP contribution < -0.4 is 4.72 Å². The first-order valence-electron chi connectivity index (χ1n) is 4.72. The lowest BCUT2D eigenvalue weighted by Gasteiger charge is -2.09. The Morgan fingerprint density at radius 2 is 1.92 bits per heavy atom. The summed E-state index contributed by atoms with van der Waals surface area (Å²) in [6.45, 7) is 0.238. The zero-order chi connectivity index (χ0) is 9.73. The van der Waals surface area contributed by atoms with E-state index in [2.05, 4.69) is 4.72 Å². The van der Waals surface area contributed by atoms with Crippen molar-refractivity contribution < 1.29 is 13.5 Å². The summed E-state index contributed by atoms with van der Waals surface area (Å²) in [7, 11) is -3.22. The molecule has 13 heavy (non-hydrogen) atoms. The smallest absolute Gasteiger partial charge is 0.213 e. The van der Waals surface area contributed by atoms with Crippen molar-refractivity contribution in [1.82, 2.24) is 4.72 Å².